The third-order valence-electron chi connectivity index (χ3n) is 11.0. The summed E-state index contributed by atoms with van der Waals surface area (Å²) < 4.78 is 0. The number of carboxylic acid groups (broad SMARTS) is 2. The van der Waals surface area contributed by atoms with Crippen LogP contribution in [0.4, 0.5) is 0 Å². The maximum atomic E-state index is 14.2. The lowest BCUT2D eigenvalue weighted by Gasteiger charge is -2.54. The molecule has 0 aromatic rings. The van der Waals surface area contributed by atoms with Crippen molar-refractivity contribution in [2.24, 2.45) is 34.5 Å². The lowest BCUT2D eigenvalue weighted by atomic mass is 9.49. The van der Waals surface area contributed by atoms with Crippen molar-refractivity contribution in [3.63, 3.8) is 0 Å². The summed E-state index contributed by atoms with van der Waals surface area (Å²) in [6, 6.07) is 0. The van der Waals surface area contributed by atoms with Crippen molar-refractivity contribution >= 4 is 11.9 Å². The topological polar surface area (TPSA) is 74.6 Å². The Morgan fingerprint density at radius 3 is 1.07 bits per heavy atom. The lowest BCUT2D eigenvalue weighted by molar-refractivity contribution is -0.170. The largest absolute Gasteiger partial charge is 0.481 e. The molecule has 250 valence electrons. The molecular weight excluding hydrogens is 520 g/mol. The van der Waals surface area contributed by atoms with E-state index < -0.39 is 22.8 Å². The molecule has 0 aromatic carbocycles. The first kappa shape index (κ1) is 40.9. The summed E-state index contributed by atoms with van der Waals surface area (Å²) in [5.41, 5.74) is -1.41. The average molecular weight is 595 g/mol. The minimum atomic E-state index is -0.898. The molecule has 0 radical (unpaired) electrons. The number of rotatable bonds is 29. The molecule has 0 rings (SSSR count). The first-order chi connectivity index (χ1) is 20.1. The van der Waals surface area contributed by atoms with E-state index in [2.05, 4.69) is 55.4 Å². The van der Waals surface area contributed by atoms with Gasteiger partial charge in [-0.25, -0.2) is 0 Å². The maximum Gasteiger partial charge on any atom is 0.310 e. The molecule has 0 amide bonds. The fourth-order valence-corrected chi connectivity index (χ4v) is 8.05. The zero-order valence-corrected chi connectivity index (χ0v) is 29.6. The van der Waals surface area contributed by atoms with Gasteiger partial charge in [-0.15, -0.1) is 0 Å². The van der Waals surface area contributed by atoms with E-state index >= 15 is 0 Å². The lowest BCUT2D eigenvalue weighted by Crippen LogP contribution is -2.52. The van der Waals surface area contributed by atoms with Gasteiger partial charge >= 0.3 is 11.9 Å². The molecule has 0 fully saturated rings. The number of carbonyl (C=O) groups is 2. The van der Waals surface area contributed by atoms with E-state index in [1.807, 2.05) is 0 Å². The van der Waals surface area contributed by atoms with Gasteiger partial charge in [-0.2, -0.15) is 0 Å². The summed E-state index contributed by atoms with van der Waals surface area (Å²) in [4.78, 5) is 26.5. The van der Waals surface area contributed by atoms with Crippen LogP contribution in [-0.2, 0) is 9.59 Å². The Hall–Kier alpha value is -1.06. The van der Waals surface area contributed by atoms with Gasteiger partial charge in [0.2, 0.25) is 0 Å². The molecule has 42 heavy (non-hydrogen) atoms. The quantitative estimate of drug-likeness (QED) is 0.0903. The number of hydrogen-bond donors (Lipinski definition) is 2. The average Bonchev–Trinajstić information content (AvgIpc) is 2.98. The number of carboxylic acids is 2. The van der Waals surface area contributed by atoms with Gasteiger partial charge in [-0.05, 0) is 61.2 Å². The van der Waals surface area contributed by atoms with E-state index in [9.17, 15) is 19.8 Å². The molecule has 0 bridgehead atoms. The molecule has 0 saturated carbocycles. The smallest absolute Gasteiger partial charge is 0.310 e. The summed E-state index contributed by atoms with van der Waals surface area (Å²) >= 11 is 0. The highest BCUT2D eigenvalue weighted by molar-refractivity contribution is 5.76. The molecular formula is C38H74O4. The van der Waals surface area contributed by atoms with Crippen LogP contribution < -0.4 is 0 Å². The number of aliphatic carboxylic acids is 2. The second-order valence-corrected chi connectivity index (χ2v) is 14.0. The SMILES string of the molecule is CCCCC(CC)CC(CCC(=O)O)(CC(CC)CCCC)C(CC(CC)CCCC)(CC(CC)CCCC)C(=O)O. The van der Waals surface area contributed by atoms with Crippen molar-refractivity contribution < 1.29 is 19.8 Å². The second-order valence-electron chi connectivity index (χ2n) is 14.0. The van der Waals surface area contributed by atoms with Gasteiger partial charge in [0.25, 0.3) is 0 Å². The molecule has 4 unspecified atom stereocenters. The molecule has 2 N–H and O–H groups in total. The Morgan fingerprint density at radius 1 is 0.524 bits per heavy atom. The van der Waals surface area contributed by atoms with Crippen LogP contribution in [-0.4, -0.2) is 22.2 Å². The van der Waals surface area contributed by atoms with Gasteiger partial charge in [-0.1, -0.05) is 158 Å². The van der Waals surface area contributed by atoms with Crippen molar-refractivity contribution in [1.82, 2.24) is 0 Å². The second kappa shape index (κ2) is 23.3. The van der Waals surface area contributed by atoms with E-state index in [0.717, 1.165) is 116 Å². The van der Waals surface area contributed by atoms with E-state index in [0.29, 0.717) is 42.9 Å². The molecule has 4 heteroatoms. The van der Waals surface area contributed by atoms with Crippen LogP contribution in [0, 0.1) is 34.5 Å². The molecule has 0 aliphatic rings. The van der Waals surface area contributed by atoms with E-state index in [-0.39, 0.29) is 6.42 Å². The summed E-state index contributed by atoms with van der Waals surface area (Å²) in [5, 5.41) is 21.7. The highest BCUT2D eigenvalue weighted by Gasteiger charge is 2.57. The fourth-order valence-electron chi connectivity index (χ4n) is 8.05. The highest BCUT2D eigenvalue weighted by atomic mass is 16.4. The predicted octanol–water partition coefficient (Wildman–Crippen LogP) is 12.3. The molecule has 0 saturated heterocycles. The Kier molecular flexibility index (Phi) is 22.7. The summed E-state index contributed by atoms with van der Waals surface area (Å²) in [7, 11) is 0. The molecule has 0 spiro atoms. The highest BCUT2D eigenvalue weighted by Crippen LogP contribution is 2.60. The van der Waals surface area contributed by atoms with Crippen LogP contribution in [0.15, 0.2) is 0 Å². The zero-order valence-electron chi connectivity index (χ0n) is 29.6. The predicted molar refractivity (Wildman–Crippen MR) is 181 cm³/mol. The first-order valence-corrected chi connectivity index (χ1v) is 18.5. The molecule has 4 nitrogen and oxygen atoms in total. The van der Waals surface area contributed by atoms with Gasteiger partial charge in [0, 0.05) is 6.42 Å². The third-order valence-corrected chi connectivity index (χ3v) is 11.0. The van der Waals surface area contributed by atoms with Gasteiger partial charge in [0.15, 0.2) is 0 Å². The zero-order chi connectivity index (χ0) is 32.0. The minimum Gasteiger partial charge on any atom is -0.481 e. The Labute approximate surface area is 262 Å². The summed E-state index contributed by atoms with van der Waals surface area (Å²) in [5.74, 6) is 0.187. The van der Waals surface area contributed by atoms with Crippen LogP contribution in [0.1, 0.15) is 197 Å². The van der Waals surface area contributed by atoms with Crippen LogP contribution in [0.2, 0.25) is 0 Å². The van der Waals surface area contributed by atoms with Crippen molar-refractivity contribution in [1.29, 1.82) is 0 Å². The Balaban J connectivity index is 7.52. The van der Waals surface area contributed by atoms with E-state index in [1.165, 1.54) is 0 Å². The van der Waals surface area contributed by atoms with Crippen LogP contribution in [0.3, 0.4) is 0 Å². The third kappa shape index (κ3) is 13.7. The molecule has 0 heterocycles. The van der Waals surface area contributed by atoms with Gasteiger partial charge in [0.1, 0.15) is 0 Å². The molecule has 0 aliphatic carbocycles. The maximum absolute atomic E-state index is 14.2. The van der Waals surface area contributed by atoms with Gasteiger partial charge in [-0.3, -0.25) is 9.59 Å². The van der Waals surface area contributed by atoms with Crippen LogP contribution in [0.25, 0.3) is 0 Å². The molecule has 0 aliphatic heterocycles. The van der Waals surface area contributed by atoms with Crippen molar-refractivity contribution in [3.8, 4) is 0 Å². The number of unbranched alkanes of at least 4 members (excludes halogenated alkanes) is 4. The Bertz CT molecular complexity index is 651. The first-order valence-electron chi connectivity index (χ1n) is 18.5. The van der Waals surface area contributed by atoms with E-state index in [1.54, 1.807) is 0 Å². The molecule has 4 atom stereocenters. The standard InChI is InChI=1S/C38H74O4/c1-9-17-21-31(13-5)27-37(26-25-35(39)40,28-32(14-6)22-18-10-2)38(36(41)42,29-33(15-7)23-19-11-3)30-34(16-8)24-20-12-4/h31-34H,9-30H2,1-8H3,(H,39,40)(H,41,42). The van der Waals surface area contributed by atoms with Gasteiger partial charge < -0.3 is 10.2 Å². The van der Waals surface area contributed by atoms with E-state index in [4.69, 9.17) is 0 Å². The van der Waals surface area contributed by atoms with Crippen LogP contribution >= 0.6 is 0 Å². The molecule has 0 aromatic heterocycles. The monoisotopic (exact) mass is 595 g/mol. The van der Waals surface area contributed by atoms with Crippen LogP contribution in [0.5, 0.6) is 0 Å². The number of hydrogen-bond acceptors (Lipinski definition) is 2. The normalized spacial score (nSPS) is 17.6. The fraction of sp³-hybridized carbons (Fsp3) is 0.947. The summed E-state index contributed by atoms with van der Waals surface area (Å²) in [6.07, 6.45) is 21.2. The minimum absolute atomic E-state index is 0.0704. The van der Waals surface area contributed by atoms with Crippen molar-refractivity contribution in [3.05, 3.63) is 0 Å². The van der Waals surface area contributed by atoms with Crippen molar-refractivity contribution in [2.75, 3.05) is 0 Å². The van der Waals surface area contributed by atoms with Crippen molar-refractivity contribution in [2.45, 2.75) is 197 Å². The summed E-state index contributed by atoms with van der Waals surface area (Å²) in [6.45, 7) is 18.0. The van der Waals surface area contributed by atoms with Gasteiger partial charge in [0.05, 0.1) is 5.41 Å². The Morgan fingerprint density at radius 2 is 0.833 bits per heavy atom.